The Hall–Kier alpha value is -1.03. The molecule has 1 aliphatic rings. The van der Waals surface area contributed by atoms with Crippen molar-refractivity contribution >= 4 is 15.7 Å². The molecule has 0 amide bonds. The Kier molecular flexibility index (Phi) is 1.41. The molecule has 0 bridgehead atoms. The molecule has 3 nitrogen and oxygen atoms in total. The van der Waals surface area contributed by atoms with Gasteiger partial charge in [-0.1, -0.05) is 18.2 Å². The zero-order valence-corrected chi connectivity index (χ0v) is 7.50. The number of para-hydroxylation sites is 1. The van der Waals surface area contributed by atoms with Crippen molar-refractivity contribution in [2.75, 3.05) is 10.6 Å². The molecule has 0 fully saturated rings. The summed E-state index contributed by atoms with van der Waals surface area (Å²) in [4.78, 5) is 0. The number of benzene rings is 1. The minimum Gasteiger partial charge on any atom is -0.266 e. The number of rotatable bonds is 1. The molecule has 0 aromatic heterocycles. The van der Waals surface area contributed by atoms with Crippen LogP contribution in [0.5, 0.6) is 0 Å². The lowest BCUT2D eigenvalue weighted by Gasteiger charge is -2.33. The monoisotopic (exact) mass is 183 g/mol. The van der Waals surface area contributed by atoms with Crippen LogP contribution in [0.3, 0.4) is 0 Å². The van der Waals surface area contributed by atoms with Crippen LogP contribution in [0.4, 0.5) is 5.69 Å². The third-order valence-electron chi connectivity index (χ3n) is 1.97. The summed E-state index contributed by atoms with van der Waals surface area (Å²) in [5, 5.41) is 0. The average molecular weight is 183 g/mol. The lowest BCUT2D eigenvalue weighted by atomic mass is 10.1. The van der Waals surface area contributed by atoms with Crippen LogP contribution >= 0.6 is 0 Å². The first-order chi connectivity index (χ1) is 5.59. The maximum atomic E-state index is 11.1. The number of anilines is 1. The van der Waals surface area contributed by atoms with Crippen molar-refractivity contribution < 1.29 is 8.42 Å². The average Bonchev–Trinajstić information content (AvgIpc) is 1.88. The Morgan fingerprint density at radius 1 is 1.33 bits per heavy atom. The van der Waals surface area contributed by atoms with E-state index in [1.54, 1.807) is 0 Å². The van der Waals surface area contributed by atoms with E-state index in [1.807, 2.05) is 24.3 Å². The van der Waals surface area contributed by atoms with Crippen LogP contribution in [0.15, 0.2) is 24.3 Å². The molecule has 0 radical (unpaired) electrons. The van der Waals surface area contributed by atoms with E-state index in [4.69, 9.17) is 0 Å². The normalized spacial score (nSPS) is 15.2. The Labute approximate surface area is 71.7 Å². The van der Waals surface area contributed by atoms with Crippen LogP contribution in [0, 0.1) is 0 Å². The molecule has 1 aromatic rings. The van der Waals surface area contributed by atoms with Crippen molar-refractivity contribution in [2.45, 2.75) is 6.54 Å². The molecule has 0 aliphatic carbocycles. The van der Waals surface area contributed by atoms with Gasteiger partial charge in [0.2, 0.25) is 10.0 Å². The molecule has 1 aromatic carbocycles. The highest BCUT2D eigenvalue weighted by Gasteiger charge is 2.28. The van der Waals surface area contributed by atoms with E-state index < -0.39 is 10.0 Å². The fraction of sp³-hybridized carbons (Fsp3) is 0.250. The summed E-state index contributed by atoms with van der Waals surface area (Å²) in [5.41, 5.74) is 1.92. The summed E-state index contributed by atoms with van der Waals surface area (Å²) < 4.78 is 23.6. The zero-order valence-electron chi connectivity index (χ0n) is 6.69. The molecule has 0 unspecified atom stereocenters. The lowest BCUT2D eigenvalue weighted by Crippen LogP contribution is -2.37. The van der Waals surface area contributed by atoms with Gasteiger partial charge in [0.05, 0.1) is 18.5 Å². The minimum atomic E-state index is -3.05. The summed E-state index contributed by atoms with van der Waals surface area (Å²) in [6.07, 6.45) is 1.23. The molecule has 12 heavy (non-hydrogen) atoms. The number of hydrogen-bond donors (Lipinski definition) is 0. The number of fused-ring (bicyclic) bond motifs is 1. The Bertz CT molecular complexity index is 411. The van der Waals surface area contributed by atoms with Crippen LogP contribution in [0.1, 0.15) is 5.56 Å². The molecule has 64 valence electrons. The molecule has 0 saturated heterocycles. The van der Waals surface area contributed by atoms with Gasteiger partial charge in [0.25, 0.3) is 0 Å². The molecular formula is C8H9NO2S. The van der Waals surface area contributed by atoms with E-state index in [1.165, 1.54) is 10.6 Å². The predicted molar refractivity (Wildman–Crippen MR) is 47.5 cm³/mol. The highest BCUT2D eigenvalue weighted by atomic mass is 32.2. The van der Waals surface area contributed by atoms with Crippen LogP contribution in [-0.4, -0.2) is 14.7 Å². The van der Waals surface area contributed by atoms with Gasteiger partial charge >= 0.3 is 0 Å². The first-order valence-electron chi connectivity index (χ1n) is 3.64. The van der Waals surface area contributed by atoms with E-state index in [0.29, 0.717) is 6.54 Å². The van der Waals surface area contributed by atoms with Crippen molar-refractivity contribution in [1.82, 2.24) is 0 Å². The quantitative estimate of drug-likeness (QED) is 0.650. The van der Waals surface area contributed by atoms with Crippen LogP contribution < -0.4 is 4.31 Å². The second-order valence-corrected chi connectivity index (χ2v) is 4.81. The molecule has 4 heteroatoms. The van der Waals surface area contributed by atoms with Gasteiger partial charge in [0.1, 0.15) is 0 Å². The van der Waals surface area contributed by atoms with Crippen molar-refractivity contribution in [2.24, 2.45) is 0 Å². The smallest absolute Gasteiger partial charge is 0.232 e. The van der Waals surface area contributed by atoms with E-state index in [2.05, 4.69) is 0 Å². The van der Waals surface area contributed by atoms with Crippen molar-refractivity contribution in [3.8, 4) is 0 Å². The van der Waals surface area contributed by atoms with Crippen LogP contribution in [0.25, 0.3) is 0 Å². The SMILES string of the molecule is CS(=O)(=O)N1Cc2ccccc21. The van der Waals surface area contributed by atoms with E-state index in [-0.39, 0.29) is 0 Å². The van der Waals surface area contributed by atoms with Gasteiger partial charge in [-0.05, 0) is 11.6 Å². The molecular weight excluding hydrogens is 174 g/mol. The topological polar surface area (TPSA) is 37.4 Å². The second kappa shape index (κ2) is 2.23. The largest absolute Gasteiger partial charge is 0.266 e. The molecule has 0 N–H and O–H groups in total. The van der Waals surface area contributed by atoms with Gasteiger partial charge < -0.3 is 0 Å². The highest BCUT2D eigenvalue weighted by Crippen LogP contribution is 2.33. The summed E-state index contributed by atoms with van der Waals surface area (Å²) in [7, 11) is -3.05. The zero-order chi connectivity index (χ0) is 8.77. The lowest BCUT2D eigenvalue weighted by molar-refractivity contribution is 0.593. The number of sulfonamides is 1. The number of nitrogens with zero attached hydrogens (tertiary/aromatic N) is 1. The molecule has 1 aliphatic heterocycles. The molecule has 0 saturated carbocycles. The van der Waals surface area contributed by atoms with Crippen molar-refractivity contribution in [3.05, 3.63) is 29.8 Å². The molecule has 2 rings (SSSR count). The standard InChI is InChI=1S/C8H9NO2S/c1-12(10,11)9-6-7-4-2-3-5-8(7)9/h2-5H,6H2,1H3. The maximum Gasteiger partial charge on any atom is 0.232 e. The first-order valence-corrected chi connectivity index (χ1v) is 5.49. The fourth-order valence-electron chi connectivity index (χ4n) is 1.33. The highest BCUT2D eigenvalue weighted by molar-refractivity contribution is 7.92. The third kappa shape index (κ3) is 0.992. The Morgan fingerprint density at radius 3 is 2.58 bits per heavy atom. The second-order valence-electron chi connectivity index (χ2n) is 2.90. The maximum absolute atomic E-state index is 11.1. The molecule has 1 heterocycles. The third-order valence-corrected chi connectivity index (χ3v) is 3.10. The summed E-state index contributed by atoms with van der Waals surface area (Å²) >= 11 is 0. The van der Waals surface area contributed by atoms with E-state index in [0.717, 1.165) is 11.3 Å². The summed E-state index contributed by atoms with van der Waals surface area (Å²) in [6, 6.07) is 7.52. The molecule has 0 spiro atoms. The summed E-state index contributed by atoms with van der Waals surface area (Å²) in [5.74, 6) is 0. The van der Waals surface area contributed by atoms with Gasteiger partial charge in [-0.15, -0.1) is 0 Å². The Balaban J connectivity index is 2.44. The van der Waals surface area contributed by atoms with Gasteiger partial charge in [0, 0.05) is 0 Å². The Morgan fingerprint density at radius 2 is 2.00 bits per heavy atom. The van der Waals surface area contributed by atoms with Gasteiger partial charge in [-0.3, -0.25) is 4.31 Å². The first kappa shape index (κ1) is 7.61. The fourth-order valence-corrected chi connectivity index (χ4v) is 2.24. The van der Waals surface area contributed by atoms with Crippen molar-refractivity contribution in [1.29, 1.82) is 0 Å². The molecule has 0 atom stereocenters. The van der Waals surface area contributed by atoms with Crippen LogP contribution in [0.2, 0.25) is 0 Å². The number of hydrogen-bond acceptors (Lipinski definition) is 2. The predicted octanol–water partition coefficient (Wildman–Crippen LogP) is 0.966. The van der Waals surface area contributed by atoms with Crippen LogP contribution in [-0.2, 0) is 16.6 Å². The van der Waals surface area contributed by atoms with E-state index >= 15 is 0 Å². The van der Waals surface area contributed by atoms with E-state index in [9.17, 15) is 8.42 Å². The van der Waals surface area contributed by atoms with Gasteiger partial charge in [-0.25, -0.2) is 8.42 Å². The van der Waals surface area contributed by atoms with Gasteiger partial charge in [0.15, 0.2) is 0 Å². The minimum absolute atomic E-state index is 0.523. The van der Waals surface area contributed by atoms with Crippen molar-refractivity contribution in [3.63, 3.8) is 0 Å². The van der Waals surface area contributed by atoms with Gasteiger partial charge in [-0.2, -0.15) is 0 Å². The summed E-state index contributed by atoms with van der Waals surface area (Å²) in [6.45, 7) is 0.523.